The van der Waals surface area contributed by atoms with Crippen LogP contribution in [0.25, 0.3) is 0 Å². The third-order valence-electron chi connectivity index (χ3n) is 2.45. The average molecular weight is 262 g/mol. The van der Waals surface area contributed by atoms with E-state index in [2.05, 4.69) is 9.47 Å². The van der Waals surface area contributed by atoms with Crippen LogP contribution in [0.5, 0.6) is 0 Å². The fourth-order valence-corrected chi connectivity index (χ4v) is 1.62. The van der Waals surface area contributed by atoms with Crippen molar-refractivity contribution in [2.45, 2.75) is 18.7 Å². The molecule has 0 saturated carbocycles. The van der Waals surface area contributed by atoms with Crippen LogP contribution in [0.15, 0.2) is 30.3 Å². The molecule has 0 heterocycles. The molecule has 0 aliphatic rings. The largest absolute Gasteiger partial charge is 0.463 e. The summed E-state index contributed by atoms with van der Waals surface area (Å²) in [6, 6.07) is 6.69. The average Bonchev–Trinajstić information content (AvgIpc) is 2.30. The van der Waals surface area contributed by atoms with Crippen LogP contribution in [0.3, 0.4) is 0 Å². The maximum absolute atomic E-state index is 13.2. The summed E-state index contributed by atoms with van der Waals surface area (Å²) in [4.78, 5) is 11.7. The van der Waals surface area contributed by atoms with Crippen LogP contribution in [0.1, 0.15) is 12.5 Å². The van der Waals surface area contributed by atoms with Crippen LogP contribution < -0.4 is 0 Å². The SMILES string of the molecule is CCOC(=O)[C@](OC)(c1ccccc1)C(F)(F)F. The molecule has 0 aliphatic carbocycles. The van der Waals surface area contributed by atoms with Crippen molar-refractivity contribution < 1.29 is 27.4 Å². The van der Waals surface area contributed by atoms with E-state index in [9.17, 15) is 18.0 Å². The Kier molecular flexibility index (Phi) is 4.34. The number of methoxy groups -OCH3 is 1. The summed E-state index contributed by atoms with van der Waals surface area (Å²) in [6.07, 6.45) is -4.91. The summed E-state index contributed by atoms with van der Waals surface area (Å²) in [5.41, 5.74) is -3.39. The van der Waals surface area contributed by atoms with E-state index >= 15 is 0 Å². The molecule has 1 aromatic rings. The van der Waals surface area contributed by atoms with E-state index in [4.69, 9.17) is 0 Å². The second-order valence-electron chi connectivity index (χ2n) is 3.47. The summed E-state index contributed by atoms with van der Waals surface area (Å²) in [6.45, 7) is 1.27. The van der Waals surface area contributed by atoms with Crippen LogP contribution in [0.4, 0.5) is 13.2 Å². The van der Waals surface area contributed by atoms with E-state index in [0.29, 0.717) is 0 Å². The molecule has 18 heavy (non-hydrogen) atoms. The summed E-state index contributed by atoms with van der Waals surface area (Å²) < 4.78 is 48.6. The van der Waals surface area contributed by atoms with Gasteiger partial charge in [0.15, 0.2) is 0 Å². The van der Waals surface area contributed by atoms with Crippen LogP contribution in [0, 0.1) is 0 Å². The highest BCUT2D eigenvalue weighted by Crippen LogP contribution is 2.42. The first kappa shape index (κ1) is 14.5. The third-order valence-corrected chi connectivity index (χ3v) is 2.45. The molecule has 1 aromatic carbocycles. The third kappa shape index (κ3) is 2.33. The van der Waals surface area contributed by atoms with Crippen LogP contribution in [-0.4, -0.2) is 25.9 Å². The number of rotatable bonds is 4. The molecule has 0 aromatic heterocycles. The van der Waals surface area contributed by atoms with Gasteiger partial charge in [-0.1, -0.05) is 30.3 Å². The molecule has 0 amide bonds. The smallest absolute Gasteiger partial charge is 0.432 e. The molecule has 0 unspecified atom stereocenters. The maximum atomic E-state index is 13.2. The Morgan fingerprint density at radius 1 is 1.22 bits per heavy atom. The number of benzene rings is 1. The van der Waals surface area contributed by atoms with Crippen molar-refractivity contribution in [3.63, 3.8) is 0 Å². The fraction of sp³-hybridized carbons (Fsp3) is 0.417. The molecule has 3 nitrogen and oxygen atoms in total. The molecule has 1 atom stereocenters. The highest BCUT2D eigenvalue weighted by molar-refractivity contribution is 5.82. The first-order valence-corrected chi connectivity index (χ1v) is 5.24. The van der Waals surface area contributed by atoms with Crippen LogP contribution in [0.2, 0.25) is 0 Å². The lowest BCUT2D eigenvalue weighted by Crippen LogP contribution is -2.51. The number of carbonyl (C=O) groups is 1. The topological polar surface area (TPSA) is 35.5 Å². The van der Waals surface area contributed by atoms with Crippen molar-refractivity contribution in [1.29, 1.82) is 0 Å². The van der Waals surface area contributed by atoms with E-state index < -0.39 is 17.7 Å². The van der Waals surface area contributed by atoms with Gasteiger partial charge in [-0.25, -0.2) is 4.79 Å². The molecular formula is C12H13F3O3. The minimum atomic E-state index is -4.91. The number of ether oxygens (including phenoxy) is 2. The normalized spacial score (nSPS) is 14.9. The maximum Gasteiger partial charge on any atom is 0.432 e. The zero-order valence-electron chi connectivity index (χ0n) is 9.95. The van der Waals surface area contributed by atoms with Gasteiger partial charge in [0.2, 0.25) is 0 Å². The Bertz CT molecular complexity index is 403. The van der Waals surface area contributed by atoms with E-state index in [0.717, 1.165) is 7.11 Å². The van der Waals surface area contributed by atoms with E-state index in [1.165, 1.54) is 31.2 Å². The van der Waals surface area contributed by atoms with Crippen molar-refractivity contribution in [2.24, 2.45) is 0 Å². The summed E-state index contributed by atoms with van der Waals surface area (Å²) in [7, 11) is 0.831. The van der Waals surface area contributed by atoms with Gasteiger partial charge < -0.3 is 9.47 Å². The predicted octanol–water partition coefficient (Wildman–Crippen LogP) is 2.65. The van der Waals surface area contributed by atoms with Crippen molar-refractivity contribution in [1.82, 2.24) is 0 Å². The lowest BCUT2D eigenvalue weighted by atomic mass is 9.93. The highest BCUT2D eigenvalue weighted by atomic mass is 19.4. The van der Waals surface area contributed by atoms with Crippen LogP contribution >= 0.6 is 0 Å². The predicted molar refractivity (Wildman–Crippen MR) is 57.8 cm³/mol. The van der Waals surface area contributed by atoms with E-state index in [1.54, 1.807) is 6.07 Å². The Morgan fingerprint density at radius 2 is 1.78 bits per heavy atom. The number of carbonyl (C=O) groups excluding carboxylic acids is 1. The summed E-state index contributed by atoms with van der Waals surface area (Å²) >= 11 is 0. The van der Waals surface area contributed by atoms with Gasteiger partial charge in [0, 0.05) is 12.7 Å². The molecule has 1 rings (SSSR count). The van der Waals surface area contributed by atoms with Crippen molar-refractivity contribution in [2.75, 3.05) is 13.7 Å². The molecule has 0 bridgehead atoms. The first-order chi connectivity index (χ1) is 8.40. The minimum Gasteiger partial charge on any atom is -0.463 e. The number of alkyl halides is 3. The standard InChI is InChI=1S/C12H13F3O3/c1-3-18-10(16)11(17-2,12(13,14)15)9-7-5-4-6-8-9/h4-8H,3H2,1-2H3/t11-/m1/s1. The fourth-order valence-electron chi connectivity index (χ4n) is 1.62. The highest BCUT2D eigenvalue weighted by Gasteiger charge is 2.63. The number of hydrogen-bond donors (Lipinski definition) is 0. The van der Waals surface area contributed by atoms with Gasteiger partial charge in [0.1, 0.15) is 0 Å². The van der Waals surface area contributed by atoms with Crippen molar-refractivity contribution >= 4 is 5.97 Å². The molecule has 0 fully saturated rings. The molecule has 100 valence electrons. The van der Waals surface area contributed by atoms with Gasteiger partial charge in [-0.2, -0.15) is 13.2 Å². The summed E-state index contributed by atoms with van der Waals surface area (Å²) in [5, 5.41) is 0. The lowest BCUT2D eigenvalue weighted by molar-refractivity contribution is -0.276. The molecule has 6 heteroatoms. The Balaban J connectivity index is 3.37. The minimum absolute atomic E-state index is 0.160. The number of hydrogen-bond acceptors (Lipinski definition) is 3. The van der Waals surface area contributed by atoms with E-state index in [1.807, 2.05) is 0 Å². The summed E-state index contributed by atoms with van der Waals surface area (Å²) in [5.74, 6) is -1.47. The lowest BCUT2D eigenvalue weighted by Gasteiger charge is -2.32. The Hall–Kier alpha value is -1.56. The second kappa shape index (κ2) is 5.39. The quantitative estimate of drug-likeness (QED) is 0.782. The second-order valence-corrected chi connectivity index (χ2v) is 3.47. The molecular weight excluding hydrogens is 249 g/mol. The van der Waals surface area contributed by atoms with Gasteiger partial charge in [0.05, 0.1) is 6.61 Å². The Morgan fingerprint density at radius 3 is 2.17 bits per heavy atom. The van der Waals surface area contributed by atoms with Crippen molar-refractivity contribution in [3.8, 4) is 0 Å². The molecule has 0 spiro atoms. The molecule has 0 aliphatic heterocycles. The number of halogens is 3. The van der Waals surface area contributed by atoms with Crippen molar-refractivity contribution in [3.05, 3.63) is 35.9 Å². The van der Waals surface area contributed by atoms with Gasteiger partial charge in [-0.3, -0.25) is 0 Å². The zero-order chi connectivity index (χ0) is 13.8. The van der Waals surface area contributed by atoms with Gasteiger partial charge in [0.25, 0.3) is 5.60 Å². The molecule has 0 radical (unpaired) electrons. The monoisotopic (exact) mass is 262 g/mol. The molecule has 0 saturated heterocycles. The Labute approximate surface area is 103 Å². The van der Waals surface area contributed by atoms with E-state index in [-0.39, 0.29) is 12.2 Å². The first-order valence-electron chi connectivity index (χ1n) is 5.24. The van der Waals surface area contributed by atoms with Gasteiger partial charge in [-0.05, 0) is 6.92 Å². The van der Waals surface area contributed by atoms with Gasteiger partial charge >= 0.3 is 12.1 Å². The number of esters is 1. The van der Waals surface area contributed by atoms with Gasteiger partial charge in [-0.15, -0.1) is 0 Å². The molecule has 0 N–H and O–H groups in total. The van der Waals surface area contributed by atoms with Crippen LogP contribution in [-0.2, 0) is 19.9 Å². The zero-order valence-corrected chi connectivity index (χ0v) is 9.95.